The minimum atomic E-state index is -0.879. The number of allylic oxidation sites excluding steroid dienone is 1. The molecule has 0 fully saturated rings. The fourth-order valence-electron chi connectivity index (χ4n) is 2.02. The summed E-state index contributed by atoms with van der Waals surface area (Å²) in [4.78, 5) is 16.3. The molecule has 1 heterocycles. The summed E-state index contributed by atoms with van der Waals surface area (Å²) in [7, 11) is 1.64. The van der Waals surface area contributed by atoms with Crippen LogP contribution >= 0.6 is 0 Å². The summed E-state index contributed by atoms with van der Waals surface area (Å²) in [5.74, 6) is -0.128. The summed E-state index contributed by atoms with van der Waals surface area (Å²) in [6, 6.07) is 9.57. The van der Waals surface area contributed by atoms with Gasteiger partial charge in [0.2, 0.25) is 0 Å². The van der Waals surface area contributed by atoms with Crippen LogP contribution in [-0.4, -0.2) is 29.2 Å². The highest BCUT2D eigenvalue weighted by atomic mass is 16.7. The van der Waals surface area contributed by atoms with E-state index in [0.29, 0.717) is 0 Å². The molecule has 0 bridgehead atoms. The Hall–Kier alpha value is -1.81. The van der Waals surface area contributed by atoms with Crippen molar-refractivity contribution in [2.45, 2.75) is 25.3 Å². The second kappa shape index (κ2) is 5.69. The summed E-state index contributed by atoms with van der Waals surface area (Å²) in [6.07, 6.45) is 4.37. The number of aliphatic carboxylic acids is 1. The van der Waals surface area contributed by atoms with Crippen LogP contribution in [0.3, 0.4) is 0 Å². The molecular weight excluding hydrogens is 230 g/mol. The highest BCUT2D eigenvalue weighted by Crippen LogP contribution is 2.21. The van der Waals surface area contributed by atoms with Crippen LogP contribution in [-0.2, 0) is 16.1 Å². The van der Waals surface area contributed by atoms with E-state index in [4.69, 9.17) is 9.94 Å². The van der Waals surface area contributed by atoms with E-state index in [1.807, 2.05) is 18.2 Å². The van der Waals surface area contributed by atoms with Gasteiger partial charge in [-0.2, -0.15) is 0 Å². The summed E-state index contributed by atoms with van der Waals surface area (Å²) >= 11 is 0. The van der Waals surface area contributed by atoms with Gasteiger partial charge in [-0.3, -0.25) is 4.79 Å². The van der Waals surface area contributed by atoms with E-state index in [-0.39, 0.29) is 0 Å². The molecule has 0 aliphatic carbocycles. The van der Waals surface area contributed by atoms with Gasteiger partial charge < -0.3 is 9.94 Å². The van der Waals surface area contributed by atoms with Crippen LogP contribution < -0.4 is 0 Å². The number of hydrogen-bond acceptors (Lipinski definition) is 3. The number of hydrogen-bond donors (Lipinski definition) is 1. The number of carbonyl (C=O) groups is 1. The predicted molar refractivity (Wildman–Crippen MR) is 67.7 cm³/mol. The molecule has 1 aromatic carbocycles. The van der Waals surface area contributed by atoms with Gasteiger partial charge in [-0.1, -0.05) is 30.3 Å². The molecule has 0 radical (unpaired) electrons. The Morgan fingerprint density at radius 1 is 1.33 bits per heavy atom. The van der Waals surface area contributed by atoms with Crippen molar-refractivity contribution >= 4 is 5.97 Å². The quantitative estimate of drug-likeness (QED) is 0.866. The maximum Gasteiger partial charge on any atom is 0.328 e. The van der Waals surface area contributed by atoms with Crippen molar-refractivity contribution < 1.29 is 14.7 Å². The van der Waals surface area contributed by atoms with Crippen LogP contribution in [0.4, 0.5) is 0 Å². The lowest BCUT2D eigenvalue weighted by molar-refractivity contribution is -0.156. The number of likely N-dealkylation sites (N-methyl/N-ethyl adjacent to an activating group) is 1. The topological polar surface area (TPSA) is 49.8 Å². The molecule has 1 N–H and O–H groups in total. The molecule has 1 aromatic rings. The Balaban J connectivity index is 1.81. The molecule has 1 atom stereocenters. The molecule has 1 unspecified atom stereocenters. The Bertz CT molecular complexity index is 442. The van der Waals surface area contributed by atoms with Crippen LogP contribution in [0.15, 0.2) is 42.2 Å². The standard InChI is InChI=1S/C14H17NO3/c1-15-13(14(16)17)10-12(18-15)9-5-8-11-6-3-2-4-7-11/h2-4,6-7,10,13H,5,8-9H2,1H3,(H,16,17). The molecular formula is C14H17NO3. The zero-order valence-electron chi connectivity index (χ0n) is 10.4. The predicted octanol–water partition coefficient (Wildman–Crippen LogP) is 2.22. The maximum atomic E-state index is 10.9. The molecule has 2 rings (SSSR count). The van der Waals surface area contributed by atoms with Crippen molar-refractivity contribution in [3.05, 3.63) is 47.7 Å². The molecule has 4 heteroatoms. The van der Waals surface area contributed by atoms with Gasteiger partial charge in [0, 0.05) is 13.5 Å². The van der Waals surface area contributed by atoms with Gasteiger partial charge in [0.15, 0.2) is 6.04 Å². The fourth-order valence-corrected chi connectivity index (χ4v) is 2.02. The van der Waals surface area contributed by atoms with E-state index < -0.39 is 12.0 Å². The fraction of sp³-hybridized carbons (Fsp3) is 0.357. The molecule has 0 saturated heterocycles. The first-order valence-electron chi connectivity index (χ1n) is 6.05. The minimum absolute atomic E-state index is 0.656. The van der Waals surface area contributed by atoms with E-state index in [1.165, 1.54) is 10.6 Å². The minimum Gasteiger partial charge on any atom is -0.480 e. The molecule has 96 valence electrons. The lowest BCUT2D eigenvalue weighted by Crippen LogP contribution is -2.31. The van der Waals surface area contributed by atoms with E-state index in [0.717, 1.165) is 25.0 Å². The molecule has 4 nitrogen and oxygen atoms in total. The third-order valence-electron chi connectivity index (χ3n) is 2.98. The van der Waals surface area contributed by atoms with Gasteiger partial charge in [0.05, 0.1) is 0 Å². The molecule has 0 saturated carbocycles. The van der Waals surface area contributed by atoms with E-state index in [2.05, 4.69) is 12.1 Å². The molecule has 1 aliphatic rings. The number of benzene rings is 1. The average molecular weight is 247 g/mol. The maximum absolute atomic E-state index is 10.9. The monoisotopic (exact) mass is 247 g/mol. The van der Waals surface area contributed by atoms with Crippen LogP contribution in [0.5, 0.6) is 0 Å². The highest BCUT2D eigenvalue weighted by molar-refractivity contribution is 5.76. The van der Waals surface area contributed by atoms with Crippen LogP contribution in [0.1, 0.15) is 18.4 Å². The Morgan fingerprint density at radius 3 is 2.67 bits per heavy atom. The average Bonchev–Trinajstić information content (AvgIpc) is 2.72. The van der Waals surface area contributed by atoms with Gasteiger partial charge in [0.25, 0.3) is 0 Å². The smallest absolute Gasteiger partial charge is 0.328 e. The van der Waals surface area contributed by atoms with Crippen molar-refractivity contribution in [1.82, 2.24) is 5.06 Å². The summed E-state index contributed by atoms with van der Waals surface area (Å²) in [5, 5.41) is 10.3. The highest BCUT2D eigenvalue weighted by Gasteiger charge is 2.29. The van der Waals surface area contributed by atoms with Crippen molar-refractivity contribution in [3.8, 4) is 0 Å². The summed E-state index contributed by atoms with van der Waals surface area (Å²) in [6.45, 7) is 0. The first-order valence-corrected chi connectivity index (χ1v) is 6.05. The second-order valence-electron chi connectivity index (χ2n) is 4.39. The van der Waals surface area contributed by atoms with E-state index >= 15 is 0 Å². The first kappa shape index (κ1) is 12.6. The number of rotatable bonds is 5. The normalized spacial score (nSPS) is 19.4. The SMILES string of the molecule is CN1OC(CCCc2ccccc2)=CC1C(=O)O. The van der Waals surface area contributed by atoms with Gasteiger partial charge in [-0.25, -0.2) is 0 Å². The summed E-state index contributed by atoms with van der Waals surface area (Å²) in [5.41, 5.74) is 1.29. The van der Waals surface area contributed by atoms with E-state index in [1.54, 1.807) is 13.1 Å². The second-order valence-corrected chi connectivity index (χ2v) is 4.39. The third kappa shape index (κ3) is 3.11. The zero-order valence-corrected chi connectivity index (χ0v) is 10.4. The lowest BCUT2D eigenvalue weighted by Gasteiger charge is -2.14. The Morgan fingerprint density at radius 2 is 2.06 bits per heavy atom. The summed E-state index contributed by atoms with van der Waals surface area (Å²) < 4.78 is 0. The van der Waals surface area contributed by atoms with Gasteiger partial charge in [0.1, 0.15) is 5.76 Å². The number of carboxylic acid groups (broad SMARTS) is 1. The van der Waals surface area contributed by atoms with Crippen molar-refractivity contribution in [1.29, 1.82) is 0 Å². The van der Waals surface area contributed by atoms with Crippen molar-refractivity contribution in [3.63, 3.8) is 0 Å². The molecule has 1 aliphatic heterocycles. The van der Waals surface area contributed by atoms with E-state index in [9.17, 15) is 4.79 Å². The molecule has 0 amide bonds. The molecule has 0 aromatic heterocycles. The van der Waals surface area contributed by atoms with Crippen molar-refractivity contribution in [2.75, 3.05) is 7.05 Å². The van der Waals surface area contributed by atoms with Crippen molar-refractivity contribution in [2.24, 2.45) is 0 Å². The lowest BCUT2D eigenvalue weighted by atomic mass is 10.1. The number of aryl methyl sites for hydroxylation is 1. The Labute approximate surface area is 106 Å². The third-order valence-corrected chi connectivity index (χ3v) is 2.98. The number of hydroxylamine groups is 2. The first-order chi connectivity index (χ1) is 8.66. The van der Waals surface area contributed by atoms with Gasteiger partial charge >= 0.3 is 5.97 Å². The zero-order chi connectivity index (χ0) is 13.0. The van der Waals surface area contributed by atoms with Crippen LogP contribution in [0.25, 0.3) is 0 Å². The van der Waals surface area contributed by atoms with Crippen LogP contribution in [0, 0.1) is 0 Å². The Kier molecular flexibility index (Phi) is 3.99. The largest absolute Gasteiger partial charge is 0.480 e. The molecule has 18 heavy (non-hydrogen) atoms. The molecule has 0 spiro atoms. The van der Waals surface area contributed by atoms with Gasteiger partial charge in [-0.05, 0) is 24.5 Å². The number of nitrogens with zero attached hydrogens (tertiary/aromatic N) is 1. The van der Waals surface area contributed by atoms with Gasteiger partial charge in [-0.15, -0.1) is 5.06 Å². The number of carboxylic acids is 1. The van der Waals surface area contributed by atoms with Crippen LogP contribution in [0.2, 0.25) is 0 Å².